The van der Waals surface area contributed by atoms with E-state index in [1.54, 1.807) is 42.5 Å². The number of hydrogen-bond acceptors (Lipinski definition) is 3. The minimum atomic E-state index is -0.300. The van der Waals surface area contributed by atoms with Crippen LogP contribution in [0.4, 0.5) is 5.69 Å². The van der Waals surface area contributed by atoms with Gasteiger partial charge >= 0.3 is 0 Å². The fraction of sp³-hybridized carbons (Fsp3) is 0.231. The van der Waals surface area contributed by atoms with Gasteiger partial charge in [0, 0.05) is 5.56 Å². The molecule has 0 bridgehead atoms. The molecule has 2 atom stereocenters. The summed E-state index contributed by atoms with van der Waals surface area (Å²) < 4.78 is 5.81. The van der Waals surface area contributed by atoms with Gasteiger partial charge in [-0.15, -0.1) is 0 Å². The zero-order valence-electron chi connectivity index (χ0n) is 18.1. The van der Waals surface area contributed by atoms with Crippen LogP contribution in [0.2, 0.25) is 0 Å². The molecule has 2 N–H and O–H groups in total. The molecule has 0 saturated carbocycles. The summed E-state index contributed by atoms with van der Waals surface area (Å²) >= 11 is 0. The third kappa shape index (κ3) is 5.95. The Balaban J connectivity index is 1.74. The number of hydrogen-bond donors (Lipinski definition) is 2. The number of carbonyl (C=O) groups excluding carboxylic acids is 2. The van der Waals surface area contributed by atoms with Crippen molar-refractivity contribution in [2.24, 2.45) is 0 Å². The number of anilines is 1. The van der Waals surface area contributed by atoms with E-state index in [4.69, 9.17) is 4.74 Å². The maximum absolute atomic E-state index is 12.9. The molecule has 31 heavy (non-hydrogen) atoms. The average Bonchev–Trinajstić information content (AvgIpc) is 2.80. The maximum atomic E-state index is 12.9. The summed E-state index contributed by atoms with van der Waals surface area (Å²) in [6.07, 6.45) is 0.940. The van der Waals surface area contributed by atoms with Gasteiger partial charge in [-0.05, 0) is 56.2 Å². The molecule has 3 aromatic carbocycles. The predicted octanol–water partition coefficient (Wildman–Crippen LogP) is 5.61. The molecule has 2 amide bonds. The van der Waals surface area contributed by atoms with Gasteiger partial charge in [-0.2, -0.15) is 0 Å². The highest BCUT2D eigenvalue weighted by Crippen LogP contribution is 2.21. The van der Waals surface area contributed by atoms with Crippen molar-refractivity contribution < 1.29 is 14.3 Å². The lowest BCUT2D eigenvalue weighted by molar-refractivity contribution is 0.0940. The molecule has 3 aromatic rings. The Morgan fingerprint density at radius 3 is 2.32 bits per heavy atom. The molecule has 0 spiro atoms. The van der Waals surface area contributed by atoms with Gasteiger partial charge in [0.15, 0.2) is 0 Å². The molecule has 0 heterocycles. The lowest BCUT2D eigenvalue weighted by Gasteiger charge is -2.17. The first kappa shape index (κ1) is 22.1. The van der Waals surface area contributed by atoms with Crippen LogP contribution in [0.25, 0.3) is 0 Å². The third-order valence-electron chi connectivity index (χ3n) is 5.08. The largest absolute Gasteiger partial charge is 0.491 e. The Bertz CT molecular complexity index is 1030. The normalized spacial score (nSPS) is 12.5. The number of nitrogens with one attached hydrogen (secondary N) is 2. The first-order valence-corrected chi connectivity index (χ1v) is 10.5. The van der Waals surface area contributed by atoms with E-state index in [9.17, 15) is 9.59 Å². The highest BCUT2D eigenvalue weighted by molar-refractivity contribution is 6.09. The lowest BCUT2D eigenvalue weighted by Crippen LogP contribution is -2.28. The summed E-state index contributed by atoms with van der Waals surface area (Å²) in [5.74, 6) is 0.0942. The summed E-state index contributed by atoms with van der Waals surface area (Å²) in [7, 11) is 0. The van der Waals surface area contributed by atoms with Crippen molar-refractivity contribution >= 4 is 17.5 Å². The molecule has 0 saturated heterocycles. The highest BCUT2D eigenvalue weighted by Gasteiger charge is 2.17. The Labute approximate surface area is 183 Å². The second-order valence-electron chi connectivity index (χ2n) is 7.47. The smallest absolute Gasteiger partial charge is 0.255 e. The molecule has 0 aromatic heterocycles. The number of rotatable bonds is 8. The van der Waals surface area contributed by atoms with Crippen molar-refractivity contribution in [3.05, 3.63) is 95.6 Å². The number of benzene rings is 3. The van der Waals surface area contributed by atoms with Crippen LogP contribution < -0.4 is 15.4 Å². The van der Waals surface area contributed by atoms with E-state index in [1.807, 2.05) is 57.2 Å². The van der Waals surface area contributed by atoms with Crippen molar-refractivity contribution in [1.82, 2.24) is 5.32 Å². The standard InChI is InChI=1S/C26H28N2O3/c1-4-18(2)31-22-14-10-13-21(17-22)25(29)28-24-16-9-8-15-23(24)26(30)27-19(3)20-11-6-5-7-12-20/h5-19H,4H2,1-3H3,(H,27,30)(H,28,29). The molecule has 3 rings (SSSR count). The second-order valence-corrected chi connectivity index (χ2v) is 7.47. The summed E-state index contributed by atoms with van der Waals surface area (Å²) in [4.78, 5) is 25.7. The highest BCUT2D eigenvalue weighted by atomic mass is 16.5. The van der Waals surface area contributed by atoms with E-state index in [1.165, 1.54) is 0 Å². The molecule has 0 aliphatic rings. The second kappa shape index (κ2) is 10.4. The zero-order chi connectivity index (χ0) is 22.2. The fourth-order valence-electron chi connectivity index (χ4n) is 3.11. The first-order chi connectivity index (χ1) is 15.0. The summed E-state index contributed by atoms with van der Waals surface area (Å²) in [5, 5.41) is 5.85. The zero-order valence-corrected chi connectivity index (χ0v) is 18.1. The fourth-order valence-corrected chi connectivity index (χ4v) is 3.11. The summed E-state index contributed by atoms with van der Waals surface area (Å²) in [6, 6.07) is 23.6. The van der Waals surface area contributed by atoms with Crippen LogP contribution in [0.3, 0.4) is 0 Å². The molecule has 0 aliphatic heterocycles. The van der Waals surface area contributed by atoms with Crippen LogP contribution in [0.1, 0.15) is 59.5 Å². The van der Waals surface area contributed by atoms with Crippen LogP contribution in [0.5, 0.6) is 5.75 Å². The van der Waals surface area contributed by atoms with Gasteiger partial charge in [-0.3, -0.25) is 9.59 Å². The van der Waals surface area contributed by atoms with E-state index < -0.39 is 0 Å². The van der Waals surface area contributed by atoms with E-state index in [0.717, 1.165) is 12.0 Å². The molecule has 5 heteroatoms. The minimum absolute atomic E-state index is 0.0642. The van der Waals surface area contributed by atoms with Crippen LogP contribution >= 0.6 is 0 Å². The monoisotopic (exact) mass is 416 g/mol. The van der Waals surface area contributed by atoms with E-state index >= 15 is 0 Å². The molecular weight excluding hydrogens is 388 g/mol. The van der Waals surface area contributed by atoms with Crippen molar-refractivity contribution in [2.75, 3.05) is 5.32 Å². The maximum Gasteiger partial charge on any atom is 0.255 e. The van der Waals surface area contributed by atoms with Gasteiger partial charge < -0.3 is 15.4 Å². The van der Waals surface area contributed by atoms with Gasteiger partial charge in [-0.1, -0.05) is 55.5 Å². The summed E-state index contributed by atoms with van der Waals surface area (Å²) in [5.41, 5.74) is 2.34. The van der Waals surface area contributed by atoms with Gasteiger partial charge in [0.2, 0.25) is 0 Å². The Morgan fingerprint density at radius 2 is 1.58 bits per heavy atom. The number of para-hydroxylation sites is 1. The van der Waals surface area contributed by atoms with E-state index in [-0.39, 0.29) is 24.0 Å². The van der Waals surface area contributed by atoms with Gasteiger partial charge in [0.1, 0.15) is 5.75 Å². The SMILES string of the molecule is CCC(C)Oc1cccc(C(=O)Nc2ccccc2C(=O)NC(C)c2ccccc2)c1. The molecule has 0 aliphatic carbocycles. The van der Waals surface area contributed by atoms with Crippen molar-refractivity contribution in [3.8, 4) is 5.75 Å². The van der Waals surface area contributed by atoms with E-state index in [2.05, 4.69) is 10.6 Å². The first-order valence-electron chi connectivity index (χ1n) is 10.5. The van der Waals surface area contributed by atoms with E-state index in [0.29, 0.717) is 22.6 Å². The van der Waals surface area contributed by atoms with Crippen molar-refractivity contribution in [3.63, 3.8) is 0 Å². The van der Waals surface area contributed by atoms with Crippen molar-refractivity contribution in [1.29, 1.82) is 0 Å². The Hall–Kier alpha value is -3.60. The molecule has 5 nitrogen and oxygen atoms in total. The number of amides is 2. The quantitative estimate of drug-likeness (QED) is 0.502. The van der Waals surface area contributed by atoms with Crippen LogP contribution in [-0.4, -0.2) is 17.9 Å². The average molecular weight is 417 g/mol. The van der Waals surface area contributed by atoms with Crippen molar-refractivity contribution in [2.45, 2.75) is 39.3 Å². The minimum Gasteiger partial charge on any atom is -0.491 e. The topological polar surface area (TPSA) is 67.4 Å². The van der Waals surface area contributed by atoms with Gasteiger partial charge in [-0.25, -0.2) is 0 Å². The van der Waals surface area contributed by atoms with Crippen LogP contribution in [-0.2, 0) is 0 Å². The molecule has 2 unspecified atom stereocenters. The number of carbonyl (C=O) groups is 2. The summed E-state index contributed by atoms with van der Waals surface area (Å²) in [6.45, 7) is 5.96. The third-order valence-corrected chi connectivity index (χ3v) is 5.08. The lowest BCUT2D eigenvalue weighted by atomic mass is 10.1. The van der Waals surface area contributed by atoms with Crippen LogP contribution in [0, 0.1) is 0 Å². The van der Waals surface area contributed by atoms with Gasteiger partial charge in [0.05, 0.1) is 23.4 Å². The molecule has 0 fully saturated rings. The van der Waals surface area contributed by atoms with Crippen LogP contribution in [0.15, 0.2) is 78.9 Å². The number of ether oxygens (including phenoxy) is 1. The Morgan fingerprint density at radius 1 is 0.871 bits per heavy atom. The molecule has 160 valence electrons. The Kier molecular flexibility index (Phi) is 7.44. The molecular formula is C26H28N2O3. The molecule has 0 radical (unpaired) electrons. The predicted molar refractivity (Wildman–Crippen MR) is 124 cm³/mol. The van der Waals surface area contributed by atoms with Gasteiger partial charge in [0.25, 0.3) is 11.8 Å².